The molecule has 0 unspecified atom stereocenters. The number of carboxylic acids is 1. The van der Waals surface area contributed by atoms with Crippen molar-refractivity contribution in [2.24, 2.45) is 0 Å². The third kappa shape index (κ3) is 3.48. The summed E-state index contributed by atoms with van der Waals surface area (Å²) in [6, 6.07) is 19.3. The molecular formula is C19H17NO2S. The minimum absolute atomic E-state index is 0.631. The summed E-state index contributed by atoms with van der Waals surface area (Å²) in [7, 11) is 0. The van der Waals surface area contributed by atoms with E-state index in [0.717, 1.165) is 21.7 Å². The number of benzene rings is 2. The average molecular weight is 323 g/mol. The second-order valence-electron chi connectivity index (χ2n) is 5.31. The van der Waals surface area contributed by atoms with Crippen LogP contribution in [0.4, 0.5) is 0 Å². The van der Waals surface area contributed by atoms with Crippen LogP contribution < -0.4 is 0 Å². The molecule has 1 N–H and O–H groups in total. The van der Waals surface area contributed by atoms with Crippen molar-refractivity contribution in [1.82, 2.24) is 4.57 Å². The van der Waals surface area contributed by atoms with Gasteiger partial charge in [0.15, 0.2) is 0 Å². The molecule has 0 aliphatic carbocycles. The van der Waals surface area contributed by atoms with Crippen molar-refractivity contribution < 1.29 is 9.90 Å². The Hall–Kier alpha value is -2.46. The van der Waals surface area contributed by atoms with E-state index in [-0.39, 0.29) is 0 Å². The van der Waals surface area contributed by atoms with Crippen molar-refractivity contribution in [3.63, 3.8) is 0 Å². The summed E-state index contributed by atoms with van der Waals surface area (Å²) in [6.45, 7) is 2.04. The normalized spacial score (nSPS) is 12.0. The smallest absolute Gasteiger partial charge is 0.321 e. The number of carbonyl (C=O) groups is 1. The Labute approximate surface area is 139 Å². The van der Waals surface area contributed by atoms with E-state index in [9.17, 15) is 9.90 Å². The van der Waals surface area contributed by atoms with Crippen LogP contribution in [0.1, 0.15) is 16.4 Å². The zero-order chi connectivity index (χ0) is 16.2. The van der Waals surface area contributed by atoms with Crippen molar-refractivity contribution in [2.45, 2.75) is 17.1 Å². The molecule has 0 saturated heterocycles. The number of carboxylic acid groups (broad SMARTS) is 1. The zero-order valence-electron chi connectivity index (χ0n) is 12.7. The molecule has 0 bridgehead atoms. The number of thioether (sulfide) groups is 1. The molecule has 3 rings (SSSR count). The molecule has 3 nitrogen and oxygen atoms in total. The molecule has 0 aliphatic heterocycles. The Bertz CT molecular complexity index is 798. The van der Waals surface area contributed by atoms with Crippen LogP contribution in [0.15, 0.2) is 78.0 Å². The number of aliphatic carboxylic acids is 1. The van der Waals surface area contributed by atoms with Gasteiger partial charge in [-0.25, -0.2) is 0 Å². The van der Waals surface area contributed by atoms with Crippen molar-refractivity contribution in [3.8, 4) is 5.69 Å². The summed E-state index contributed by atoms with van der Waals surface area (Å²) >= 11 is 1.36. The van der Waals surface area contributed by atoms with E-state index in [1.54, 1.807) is 0 Å². The van der Waals surface area contributed by atoms with Crippen molar-refractivity contribution >= 4 is 17.7 Å². The lowest BCUT2D eigenvalue weighted by molar-refractivity contribution is -0.136. The molecule has 2 aromatic carbocycles. The molecule has 1 atom stereocenters. The van der Waals surface area contributed by atoms with Gasteiger partial charge in [-0.1, -0.05) is 36.4 Å². The lowest BCUT2D eigenvalue weighted by atomic mass is 10.1. The number of rotatable bonds is 5. The average Bonchev–Trinajstić information content (AvgIpc) is 3.08. The maximum Gasteiger partial charge on any atom is 0.321 e. The zero-order valence-corrected chi connectivity index (χ0v) is 13.5. The first-order valence-corrected chi connectivity index (χ1v) is 8.21. The van der Waals surface area contributed by atoms with E-state index in [4.69, 9.17) is 0 Å². The van der Waals surface area contributed by atoms with Crippen LogP contribution in [0, 0.1) is 6.92 Å². The predicted molar refractivity (Wildman–Crippen MR) is 93.2 cm³/mol. The maximum absolute atomic E-state index is 11.7. The Balaban J connectivity index is 2.00. The summed E-state index contributed by atoms with van der Waals surface area (Å²) in [5.74, 6) is -0.833. The Morgan fingerprint density at radius 3 is 2.39 bits per heavy atom. The molecular weight excluding hydrogens is 306 g/mol. The molecule has 1 aromatic heterocycles. The number of nitrogens with zero attached hydrogens (tertiary/aromatic N) is 1. The molecule has 0 saturated carbocycles. The Morgan fingerprint density at radius 1 is 1.04 bits per heavy atom. The maximum atomic E-state index is 11.7. The third-order valence-electron chi connectivity index (χ3n) is 3.57. The highest BCUT2D eigenvalue weighted by molar-refractivity contribution is 8.00. The number of aromatic nitrogens is 1. The molecule has 4 heteroatoms. The van der Waals surface area contributed by atoms with Crippen molar-refractivity contribution in [2.75, 3.05) is 0 Å². The van der Waals surface area contributed by atoms with Crippen LogP contribution in [0.5, 0.6) is 0 Å². The van der Waals surface area contributed by atoms with Gasteiger partial charge in [0.1, 0.15) is 5.25 Å². The highest BCUT2D eigenvalue weighted by atomic mass is 32.2. The fourth-order valence-corrected chi connectivity index (χ4v) is 3.52. The largest absolute Gasteiger partial charge is 0.480 e. The molecule has 0 radical (unpaired) electrons. The van der Waals surface area contributed by atoms with Gasteiger partial charge in [-0.3, -0.25) is 4.79 Å². The third-order valence-corrected chi connectivity index (χ3v) is 4.88. The first kappa shape index (κ1) is 15.4. The van der Waals surface area contributed by atoms with Crippen LogP contribution >= 0.6 is 11.8 Å². The summed E-state index contributed by atoms with van der Waals surface area (Å²) in [4.78, 5) is 12.7. The van der Waals surface area contributed by atoms with Crippen LogP contribution in [0.2, 0.25) is 0 Å². The fourth-order valence-electron chi connectivity index (χ4n) is 2.44. The lowest BCUT2D eigenvalue weighted by Crippen LogP contribution is -2.08. The van der Waals surface area contributed by atoms with E-state index in [1.165, 1.54) is 11.8 Å². The molecule has 1 heterocycles. The van der Waals surface area contributed by atoms with Crippen LogP contribution in [-0.4, -0.2) is 15.6 Å². The van der Waals surface area contributed by atoms with Gasteiger partial charge >= 0.3 is 5.97 Å². The van der Waals surface area contributed by atoms with Crippen LogP contribution in [-0.2, 0) is 4.79 Å². The van der Waals surface area contributed by atoms with Gasteiger partial charge < -0.3 is 9.67 Å². The van der Waals surface area contributed by atoms with Gasteiger partial charge in [-0.15, -0.1) is 11.8 Å². The molecule has 0 fully saturated rings. The number of hydrogen-bond donors (Lipinski definition) is 1. The van der Waals surface area contributed by atoms with Gasteiger partial charge in [-0.2, -0.15) is 0 Å². The second kappa shape index (κ2) is 6.75. The van der Waals surface area contributed by atoms with E-state index in [1.807, 2.05) is 78.5 Å². The topological polar surface area (TPSA) is 42.2 Å². The van der Waals surface area contributed by atoms with Crippen molar-refractivity contribution in [3.05, 3.63) is 84.2 Å². The van der Waals surface area contributed by atoms with Crippen molar-refractivity contribution in [1.29, 1.82) is 0 Å². The first-order valence-electron chi connectivity index (χ1n) is 7.33. The molecule has 0 aliphatic rings. The van der Waals surface area contributed by atoms with Gasteiger partial charge in [0.25, 0.3) is 0 Å². The molecule has 3 aromatic rings. The van der Waals surface area contributed by atoms with Crippen LogP contribution in [0.25, 0.3) is 5.69 Å². The summed E-state index contributed by atoms with van der Waals surface area (Å²) in [5, 5.41) is 9.01. The van der Waals surface area contributed by atoms with E-state index < -0.39 is 11.2 Å². The molecule has 23 heavy (non-hydrogen) atoms. The highest BCUT2D eigenvalue weighted by Gasteiger charge is 2.22. The SMILES string of the molecule is Cc1ccc(S[C@@H](C(=O)O)c2ccccc2)c(-n2cccc2)c1. The summed E-state index contributed by atoms with van der Waals surface area (Å²) in [6.07, 6.45) is 3.94. The minimum Gasteiger partial charge on any atom is -0.480 e. The summed E-state index contributed by atoms with van der Waals surface area (Å²) in [5.41, 5.74) is 2.94. The van der Waals surface area contributed by atoms with E-state index in [2.05, 4.69) is 6.07 Å². The van der Waals surface area contributed by atoms with Gasteiger partial charge in [0.2, 0.25) is 0 Å². The molecule has 0 spiro atoms. The number of hydrogen-bond acceptors (Lipinski definition) is 2. The predicted octanol–water partition coefficient (Wildman–Crippen LogP) is 4.70. The minimum atomic E-state index is -0.833. The van der Waals surface area contributed by atoms with E-state index >= 15 is 0 Å². The monoisotopic (exact) mass is 323 g/mol. The number of aryl methyl sites for hydroxylation is 1. The molecule has 0 amide bonds. The van der Waals surface area contributed by atoms with Gasteiger partial charge in [0.05, 0.1) is 5.69 Å². The fraction of sp³-hybridized carbons (Fsp3) is 0.105. The first-order chi connectivity index (χ1) is 11.1. The summed E-state index contributed by atoms with van der Waals surface area (Å²) < 4.78 is 2.01. The van der Waals surface area contributed by atoms with Gasteiger partial charge in [0, 0.05) is 17.3 Å². The highest BCUT2D eigenvalue weighted by Crippen LogP contribution is 2.38. The quantitative estimate of drug-likeness (QED) is 0.692. The lowest BCUT2D eigenvalue weighted by Gasteiger charge is -2.16. The van der Waals surface area contributed by atoms with Crippen LogP contribution in [0.3, 0.4) is 0 Å². The Kier molecular flexibility index (Phi) is 4.53. The Morgan fingerprint density at radius 2 is 1.74 bits per heavy atom. The molecule has 116 valence electrons. The van der Waals surface area contributed by atoms with E-state index in [0.29, 0.717) is 0 Å². The van der Waals surface area contributed by atoms with Gasteiger partial charge in [-0.05, 0) is 42.3 Å². The second-order valence-corrected chi connectivity index (χ2v) is 6.46. The standard InChI is InChI=1S/C19H17NO2S/c1-14-9-10-17(16(13-14)20-11-5-6-12-20)23-18(19(21)22)15-7-3-2-4-8-15/h2-13,18H,1H3,(H,21,22)/t18-/m1/s1.